The largest absolute Gasteiger partial charge is 0.481 e. The summed E-state index contributed by atoms with van der Waals surface area (Å²) >= 11 is 0. The Kier molecular flexibility index (Phi) is 2.67. The third-order valence-corrected chi connectivity index (χ3v) is 2.31. The van der Waals surface area contributed by atoms with Gasteiger partial charge in [0.1, 0.15) is 5.65 Å². The Hall–Kier alpha value is -1.84. The molecule has 2 rings (SSSR count). The molecule has 2 heterocycles. The van der Waals surface area contributed by atoms with Gasteiger partial charge in [-0.25, -0.2) is 4.98 Å². The maximum atomic E-state index is 10.4. The van der Waals surface area contributed by atoms with Gasteiger partial charge in [0.05, 0.1) is 0 Å². The van der Waals surface area contributed by atoms with Crippen LogP contribution < -0.4 is 0 Å². The van der Waals surface area contributed by atoms with Crippen molar-refractivity contribution in [2.24, 2.45) is 0 Å². The molecule has 78 valence electrons. The molecule has 15 heavy (non-hydrogen) atoms. The molecule has 0 saturated heterocycles. The van der Waals surface area contributed by atoms with E-state index < -0.39 is 5.97 Å². The van der Waals surface area contributed by atoms with Gasteiger partial charge in [-0.15, -0.1) is 0 Å². The molecule has 0 fully saturated rings. The van der Waals surface area contributed by atoms with Crippen LogP contribution in [0.15, 0.2) is 30.6 Å². The normalized spacial score (nSPS) is 10.7. The summed E-state index contributed by atoms with van der Waals surface area (Å²) in [5.74, 6) is -0.751. The maximum Gasteiger partial charge on any atom is 0.303 e. The highest BCUT2D eigenvalue weighted by atomic mass is 16.4. The monoisotopic (exact) mass is 204 g/mol. The number of fused-ring (bicyclic) bond motifs is 1. The van der Waals surface area contributed by atoms with Crippen LogP contribution in [0.25, 0.3) is 11.0 Å². The zero-order valence-corrected chi connectivity index (χ0v) is 8.26. The molecular weight excluding hydrogens is 192 g/mol. The Balaban J connectivity index is 2.11. The zero-order valence-electron chi connectivity index (χ0n) is 8.26. The molecule has 0 unspecified atom stereocenters. The van der Waals surface area contributed by atoms with Crippen LogP contribution in [0.1, 0.15) is 12.8 Å². The molecule has 0 aliphatic carbocycles. The molecular formula is C11H12N2O2. The number of aromatic nitrogens is 2. The SMILES string of the molecule is O=C(O)CCCn1ccc2cccnc21. The first-order valence-corrected chi connectivity index (χ1v) is 4.89. The summed E-state index contributed by atoms with van der Waals surface area (Å²) < 4.78 is 1.98. The Morgan fingerprint density at radius 2 is 2.33 bits per heavy atom. The number of hydrogen-bond acceptors (Lipinski definition) is 2. The topological polar surface area (TPSA) is 55.1 Å². The Morgan fingerprint density at radius 3 is 3.13 bits per heavy atom. The average molecular weight is 204 g/mol. The Bertz CT molecular complexity index is 476. The number of rotatable bonds is 4. The highest BCUT2D eigenvalue weighted by Gasteiger charge is 2.02. The first-order chi connectivity index (χ1) is 7.27. The highest BCUT2D eigenvalue weighted by Crippen LogP contribution is 2.12. The molecule has 0 aliphatic heterocycles. The number of aryl methyl sites for hydroxylation is 1. The molecule has 4 nitrogen and oxygen atoms in total. The van der Waals surface area contributed by atoms with Crippen LogP contribution in [0.5, 0.6) is 0 Å². The van der Waals surface area contributed by atoms with Crippen molar-refractivity contribution in [3.63, 3.8) is 0 Å². The molecule has 2 aromatic heterocycles. The van der Waals surface area contributed by atoms with E-state index >= 15 is 0 Å². The van der Waals surface area contributed by atoms with Crippen molar-refractivity contribution in [2.45, 2.75) is 19.4 Å². The lowest BCUT2D eigenvalue weighted by atomic mass is 10.3. The van der Waals surface area contributed by atoms with Gasteiger partial charge in [0.25, 0.3) is 0 Å². The van der Waals surface area contributed by atoms with Crippen molar-refractivity contribution in [1.82, 2.24) is 9.55 Å². The van der Waals surface area contributed by atoms with Gasteiger partial charge >= 0.3 is 5.97 Å². The van der Waals surface area contributed by atoms with E-state index in [-0.39, 0.29) is 6.42 Å². The van der Waals surface area contributed by atoms with Gasteiger partial charge in [-0.2, -0.15) is 0 Å². The molecule has 0 aliphatic rings. The minimum absolute atomic E-state index is 0.201. The average Bonchev–Trinajstić information content (AvgIpc) is 2.62. The summed E-state index contributed by atoms with van der Waals surface area (Å²) in [5.41, 5.74) is 0.919. The lowest BCUT2D eigenvalue weighted by molar-refractivity contribution is -0.137. The quantitative estimate of drug-likeness (QED) is 0.827. The number of pyridine rings is 1. The van der Waals surface area contributed by atoms with Crippen LogP contribution in [0.4, 0.5) is 0 Å². The van der Waals surface area contributed by atoms with Crippen LogP contribution in [-0.2, 0) is 11.3 Å². The third-order valence-electron chi connectivity index (χ3n) is 2.31. The van der Waals surface area contributed by atoms with E-state index in [1.165, 1.54) is 0 Å². The number of nitrogens with zero attached hydrogens (tertiary/aromatic N) is 2. The molecule has 1 N–H and O–H groups in total. The van der Waals surface area contributed by atoms with Gasteiger partial charge in [0, 0.05) is 30.7 Å². The smallest absolute Gasteiger partial charge is 0.303 e. The van der Waals surface area contributed by atoms with Crippen LogP contribution >= 0.6 is 0 Å². The summed E-state index contributed by atoms with van der Waals surface area (Å²) in [4.78, 5) is 14.6. The fraction of sp³-hybridized carbons (Fsp3) is 0.273. The van der Waals surface area contributed by atoms with Crippen LogP contribution in [0.3, 0.4) is 0 Å². The van der Waals surface area contributed by atoms with Crippen molar-refractivity contribution in [2.75, 3.05) is 0 Å². The van der Waals surface area contributed by atoms with Gasteiger partial charge in [-0.05, 0) is 24.6 Å². The molecule has 0 amide bonds. The maximum absolute atomic E-state index is 10.4. The van der Waals surface area contributed by atoms with Gasteiger partial charge in [0.15, 0.2) is 0 Å². The second kappa shape index (κ2) is 4.13. The predicted molar refractivity (Wildman–Crippen MR) is 56.6 cm³/mol. The first kappa shape index (κ1) is 9.71. The van der Waals surface area contributed by atoms with Gasteiger partial charge in [-0.1, -0.05) is 0 Å². The Morgan fingerprint density at radius 1 is 1.47 bits per heavy atom. The van der Waals surface area contributed by atoms with E-state index in [2.05, 4.69) is 4.98 Å². The van der Waals surface area contributed by atoms with E-state index in [4.69, 9.17) is 5.11 Å². The molecule has 2 aromatic rings. The second-order valence-electron chi connectivity index (χ2n) is 3.42. The van der Waals surface area contributed by atoms with Crippen molar-refractivity contribution in [3.8, 4) is 0 Å². The molecule has 0 radical (unpaired) electrons. The van der Waals surface area contributed by atoms with Crippen LogP contribution in [0.2, 0.25) is 0 Å². The summed E-state index contributed by atoms with van der Waals surface area (Å²) in [6.07, 6.45) is 4.53. The number of aliphatic carboxylic acids is 1. The summed E-state index contributed by atoms with van der Waals surface area (Å²) in [5, 5.41) is 9.62. The number of carboxylic acid groups (broad SMARTS) is 1. The van der Waals surface area contributed by atoms with Crippen LogP contribution in [0, 0.1) is 0 Å². The van der Waals surface area contributed by atoms with E-state index in [1.807, 2.05) is 29.0 Å². The predicted octanol–water partition coefficient (Wildman–Crippen LogP) is 1.90. The van der Waals surface area contributed by atoms with Crippen LogP contribution in [-0.4, -0.2) is 20.6 Å². The Labute approximate surface area is 87.2 Å². The molecule has 0 spiro atoms. The van der Waals surface area contributed by atoms with E-state index in [0.29, 0.717) is 13.0 Å². The minimum Gasteiger partial charge on any atom is -0.481 e. The lowest BCUT2D eigenvalue weighted by Crippen LogP contribution is -2.01. The molecule has 0 atom stereocenters. The second-order valence-corrected chi connectivity index (χ2v) is 3.42. The molecule has 4 heteroatoms. The van der Waals surface area contributed by atoms with Crippen molar-refractivity contribution >= 4 is 17.0 Å². The van der Waals surface area contributed by atoms with Gasteiger partial charge in [-0.3, -0.25) is 4.79 Å². The summed E-state index contributed by atoms with van der Waals surface area (Å²) in [7, 11) is 0. The fourth-order valence-electron chi connectivity index (χ4n) is 1.60. The highest BCUT2D eigenvalue weighted by molar-refractivity contribution is 5.75. The summed E-state index contributed by atoms with van der Waals surface area (Å²) in [6, 6.07) is 5.88. The fourth-order valence-corrected chi connectivity index (χ4v) is 1.60. The molecule has 0 aromatic carbocycles. The minimum atomic E-state index is -0.751. The standard InChI is InChI=1S/C11H12N2O2/c14-10(15)4-2-7-13-8-5-9-3-1-6-12-11(9)13/h1,3,5-6,8H,2,4,7H2,(H,14,15). The van der Waals surface area contributed by atoms with E-state index in [1.54, 1.807) is 6.20 Å². The number of hydrogen-bond donors (Lipinski definition) is 1. The van der Waals surface area contributed by atoms with E-state index in [0.717, 1.165) is 11.0 Å². The van der Waals surface area contributed by atoms with Crippen molar-refractivity contribution in [1.29, 1.82) is 0 Å². The van der Waals surface area contributed by atoms with E-state index in [9.17, 15) is 4.79 Å². The molecule has 0 saturated carbocycles. The third kappa shape index (κ3) is 2.15. The lowest BCUT2D eigenvalue weighted by Gasteiger charge is -2.02. The zero-order chi connectivity index (χ0) is 10.7. The number of carbonyl (C=O) groups is 1. The number of carboxylic acids is 1. The first-order valence-electron chi connectivity index (χ1n) is 4.89. The van der Waals surface area contributed by atoms with Gasteiger partial charge < -0.3 is 9.67 Å². The molecule has 0 bridgehead atoms. The van der Waals surface area contributed by atoms with Crippen molar-refractivity contribution < 1.29 is 9.90 Å². The summed E-state index contributed by atoms with van der Waals surface area (Å²) in [6.45, 7) is 0.701. The van der Waals surface area contributed by atoms with Gasteiger partial charge in [0.2, 0.25) is 0 Å². The van der Waals surface area contributed by atoms with Crippen molar-refractivity contribution in [3.05, 3.63) is 30.6 Å².